The van der Waals surface area contributed by atoms with Crippen molar-refractivity contribution >= 4 is 43.6 Å². The number of terminal acetylenes is 2. The first kappa shape index (κ1) is 76.0. The van der Waals surface area contributed by atoms with Crippen LogP contribution in [0, 0.1) is 65.6 Å². The minimum Gasteiger partial charge on any atom is -0.309 e. The van der Waals surface area contributed by atoms with Gasteiger partial charge in [0.05, 0.1) is 69.3 Å². The Labute approximate surface area is 733 Å². The van der Waals surface area contributed by atoms with Gasteiger partial charge >= 0.3 is 0 Å². The van der Waals surface area contributed by atoms with Crippen LogP contribution in [0.4, 0.5) is 0 Å². The minimum absolute atomic E-state index is 0.00226. The largest absolute Gasteiger partial charge is 0.309 e. The van der Waals surface area contributed by atoms with E-state index in [0.29, 0.717) is 22.3 Å². The maximum Gasteiger partial charge on any atom is 0.0995 e. The van der Waals surface area contributed by atoms with Gasteiger partial charge in [0, 0.05) is 44.0 Å². The number of nitriles is 3. The van der Waals surface area contributed by atoms with Crippen LogP contribution < -0.4 is 0 Å². The van der Waals surface area contributed by atoms with Gasteiger partial charge in [-0.15, -0.1) is 12.8 Å². The monoisotopic (exact) mass is 1580 g/mol. The number of nitrogens with zero attached hydrogens (tertiary/aromatic N) is 5. The summed E-state index contributed by atoms with van der Waals surface area (Å²) in [5, 5.41) is 31.5. The Balaban J connectivity index is 0.000000159. The van der Waals surface area contributed by atoms with Gasteiger partial charge in [-0.05, 0) is 214 Å². The van der Waals surface area contributed by atoms with Crippen LogP contribution in [-0.4, -0.2) is 9.13 Å². The lowest BCUT2D eigenvalue weighted by Gasteiger charge is -2.23. The van der Waals surface area contributed by atoms with Crippen molar-refractivity contribution in [2.75, 3.05) is 0 Å². The molecule has 5 nitrogen and oxygen atoms in total. The van der Waals surface area contributed by atoms with E-state index in [4.69, 9.17) is 41.0 Å². The highest BCUT2D eigenvalue weighted by Crippen LogP contribution is 2.41. The van der Waals surface area contributed by atoms with Crippen molar-refractivity contribution in [3.8, 4) is 98.8 Å². The summed E-state index contributed by atoms with van der Waals surface area (Å²) in [6.07, 6.45) is 10.7. The van der Waals surface area contributed by atoms with E-state index in [2.05, 4.69) is 337 Å². The summed E-state index contributed by atoms with van der Waals surface area (Å²) in [5.41, 5.74) is 24.0. The van der Waals surface area contributed by atoms with Crippen molar-refractivity contribution in [2.45, 2.75) is 164 Å². The highest BCUT2D eigenvalue weighted by atomic mass is 15.0. The van der Waals surface area contributed by atoms with Crippen LogP contribution in [-0.2, 0) is 32.5 Å². The molecule has 0 spiro atoms. The van der Waals surface area contributed by atoms with E-state index in [9.17, 15) is 0 Å². The van der Waals surface area contributed by atoms with E-state index in [1.807, 2.05) is 69.3 Å². The maximum absolute atomic E-state index is 8.98. The second-order valence-electron chi connectivity index (χ2n) is 36.5. The Morgan fingerprint density at radius 3 is 1.02 bits per heavy atom. The molecule has 16 aromatic rings. The fourth-order valence-corrected chi connectivity index (χ4v) is 14.5. The predicted molar refractivity (Wildman–Crippen MR) is 516 cm³/mol. The molecule has 2 aromatic heterocycles. The van der Waals surface area contributed by atoms with Gasteiger partial charge in [-0.2, -0.15) is 15.8 Å². The van der Waals surface area contributed by atoms with E-state index in [1.165, 1.54) is 93.9 Å². The molecule has 2 heterocycles. The first-order chi connectivity index (χ1) is 61.2. The highest BCUT2D eigenvalue weighted by Gasteiger charge is 2.25. The summed E-state index contributed by atoms with van der Waals surface area (Å²) in [5.74, 6) is 5.19. The summed E-state index contributed by atoms with van der Waals surface area (Å²) in [7, 11) is 0. The van der Waals surface area contributed by atoms with Crippen molar-refractivity contribution in [2.24, 2.45) is 0 Å². The number of fused-ring (bicyclic) bond motifs is 6. The predicted octanol–water partition coefficient (Wildman–Crippen LogP) is 30.7. The average Bonchev–Trinajstić information content (AvgIpc) is 1.56. The molecule has 602 valence electrons. The first-order valence-electron chi connectivity index (χ1n) is 45.5. The first-order valence-corrected chi connectivity index (χ1v) is 41.0. The number of aromatic nitrogens is 2. The number of para-hydroxylation sites is 4. The van der Waals surface area contributed by atoms with Gasteiger partial charge in [-0.3, -0.25) is 0 Å². The Bertz CT molecular complexity index is 6630. The smallest absolute Gasteiger partial charge is 0.0995 e. The summed E-state index contributed by atoms with van der Waals surface area (Å²) < 4.78 is 78.5. The van der Waals surface area contributed by atoms with Crippen LogP contribution in [0.5, 0.6) is 0 Å². The number of rotatable bonds is 6. The Morgan fingerprint density at radius 2 is 0.636 bits per heavy atom. The molecule has 0 radical (unpaired) electrons. The zero-order chi connectivity index (χ0) is 95.0. The topological polar surface area (TPSA) is 81.2 Å². The summed E-state index contributed by atoms with van der Waals surface area (Å²) in [4.78, 5) is 0. The van der Waals surface area contributed by atoms with E-state index in [1.54, 1.807) is 37.3 Å². The Kier molecular flexibility index (Phi) is 23.5. The van der Waals surface area contributed by atoms with E-state index in [0.717, 1.165) is 33.4 Å². The fraction of sp³-hybridized carbons (Fsp3) is 0.216. The third kappa shape index (κ3) is 21.8. The lowest BCUT2D eigenvalue weighted by atomic mass is 9.81. The van der Waals surface area contributed by atoms with Gasteiger partial charge in [0.15, 0.2) is 0 Å². The molecule has 0 fully saturated rings. The molecule has 0 saturated carbocycles. The van der Waals surface area contributed by atoms with Crippen molar-refractivity contribution < 1.29 is 12.3 Å². The van der Waals surface area contributed by atoms with Crippen molar-refractivity contribution in [1.82, 2.24) is 9.13 Å². The van der Waals surface area contributed by atoms with E-state index < -0.39 is 18.1 Å². The molecular weight excluding hydrogens is 1460 g/mol. The lowest BCUT2D eigenvalue weighted by Crippen LogP contribution is -2.15. The highest BCUT2D eigenvalue weighted by molar-refractivity contribution is 6.10. The van der Waals surface area contributed by atoms with Crippen LogP contribution in [0.2, 0.25) is 0 Å². The molecule has 16 rings (SSSR count). The van der Waals surface area contributed by atoms with E-state index >= 15 is 0 Å². The van der Waals surface area contributed by atoms with Gasteiger partial charge in [-0.25, -0.2) is 0 Å². The molecule has 0 aliphatic carbocycles. The fourth-order valence-electron chi connectivity index (χ4n) is 14.5. The average molecular weight is 1590 g/mol. The molecule has 0 bridgehead atoms. The van der Waals surface area contributed by atoms with Gasteiger partial charge in [0.1, 0.15) is 0 Å². The second-order valence-corrected chi connectivity index (χ2v) is 36.5. The zero-order valence-electron chi connectivity index (χ0n) is 82.4. The standard InChI is InChI=1S/C34H28N2.C23H24.C22H22.2C13H13N.C11H13N/c1-34(2,3)23-20-24(35-30-16-8-4-12-26(30)27-13-5-9-17-31(27)35)22-25(21-23)36-32-18-10-6-14-28(32)29-15-7-11-19-33(29)36;1-17-9-8-12-19(13-17)21-14-20(18-10-6-5-7-11-18)15-22(16-21)23(2,3)4;1-22(2,3)21-15-19(17-10-6-4-7-11-17)14-20(16-21)18-12-8-5-9-13-18;1-5-10-6-11(9-14)8-12(7-10)13(2,3)4;1-5-10-7-6-8-11(9-14)12(10)13(2,3)4;1-11(2,3)10-6-4-9(8-12)5-7-10/h4-22H,1-3H3;5-16H,1-4H3;4-16H,1-3H3;2*1,6-8H,2-4H3;4-7H,1-3H3/i;5D,6D,7D,8D,9D,10D,11D,12D,13D;;;;. The quantitative estimate of drug-likeness (QED) is 0.156. The summed E-state index contributed by atoms with van der Waals surface area (Å²) >= 11 is 0. The lowest BCUT2D eigenvalue weighted by molar-refractivity contribution is 0.587. The molecule has 0 amide bonds. The zero-order valence-corrected chi connectivity index (χ0v) is 73.4. The van der Waals surface area contributed by atoms with Crippen LogP contribution >= 0.6 is 0 Å². The Hall–Kier alpha value is -13.7. The molecule has 0 unspecified atom stereocenters. The summed E-state index contributed by atoms with van der Waals surface area (Å²) in [6, 6.07) is 97.9. The van der Waals surface area contributed by atoms with Gasteiger partial charge in [0.25, 0.3) is 0 Å². The molecular formula is C116H113N5. The van der Waals surface area contributed by atoms with Crippen molar-refractivity contribution in [3.05, 3.63) is 394 Å². The van der Waals surface area contributed by atoms with Gasteiger partial charge in [0.2, 0.25) is 0 Å². The van der Waals surface area contributed by atoms with Gasteiger partial charge in [-0.1, -0.05) is 372 Å². The van der Waals surface area contributed by atoms with Crippen molar-refractivity contribution in [1.29, 1.82) is 15.8 Å². The van der Waals surface area contributed by atoms with Crippen LogP contribution in [0.3, 0.4) is 0 Å². The van der Waals surface area contributed by atoms with Gasteiger partial charge < -0.3 is 9.13 Å². The van der Waals surface area contributed by atoms with Crippen molar-refractivity contribution in [3.63, 3.8) is 0 Å². The van der Waals surface area contributed by atoms with Crippen LogP contribution in [0.25, 0.3) is 99.5 Å². The molecule has 0 aliphatic heterocycles. The molecule has 0 atom stereocenters. The number of benzene rings is 14. The second kappa shape index (κ2) is 37.5. The maximum atomic E-state index is 8.98. The molecule has 0 N–H and O–H groups in total. The minimum atomic E-state index is -0.474. The molecule has 14 aromatic carbocycles. The third-order valence-corrected chi connectivity index (χ3v) is 21.2. The molecule has 121 heavy (non-hydrogen) atoms. The number of hydrogen-bond acceptors (Lipinski definition) is 3. The normalized spacial score (nSPS) is 12.4. The molecule has 0 saturated heterocycles. The van der Waals surface area contributed by atoms with E-state index in [-0.39, 0.29) is 85.4 Å². The SMILES string of the molecule is C#Cc1cc(C#N)cc(C(C)(C)C)c1.C#Cc1cccc(C#N)c1C(C)(C)C.CC(C)(C)c1cc(-c2ccccc2)cc(-c2ccccc2)c1.CC(C)(C)c1cc(-n2c3ccccc3c3ccccc32)cc(-n2c3ccccc3c3ccccc32)c1.CC(C)(C)c1ccc(C#N)cc1.[2H]c1c([2H])c([2H])c(-c2cc(-c3c([2H])c([2H])c([2H])c(C)c3[2H])cc(C(C)(C)C)c2)c([2H])c1[2H]. The number of hydrogen-bond donors (Lipinski definition) is 0. The third-order valence-electron chi connectivity index (χ3n) is 21.2. The van der Waals surface area contributed by atoms with Crippen LogP contribution in [0.1, 0.15) is 204 Å². The Morgan fingerprint density at radius 1 is 0.273 bits per heavy atom. The van der Waals surface area contributed by atoms with Crippen LogP contribution in [0.15, 0.2) is 327 Å². The summed E-state index contributed by atoms with van der Waals surface area (Å²) in [6.45, 7) is 40.1. The molecule has 0 aliphatic rings. The molecule has 5 heteroatoms.